The van der Waals surface area contributed by atoms with E-state index in [-0.39, 0.29) is 5.91 Å². The van der Waals surface area contributed by atoms with Gasteiger partial charge < -0.3 is 5.32 Å². The molecule has 0 saturated heterocycles. The molecule has 0 aromatic carbocycles. The van der Waals surface area contributed by atoms with Crippen molar-refractivity contribution in [1.82, 2.24) is 10.2 Å². The molecule has 0 spiro atoms. The summed E-state index contributed by atoms with van der Waals surface area (Å²) in [5.41, 5.74) is 0.999. The van der Waals surface area contributed by atoms with E-state index in [1.165, 1.54) is 0 Å². The summed E-state index contributed by atoms with van der Waals surface area (Å²) in [6.45, 7) is 2.03. The molecule has 1 aromatic rings. The Bertz CT molecular complexity index is 354. The van der Waals surface area contributed by atoms with Gasteiger partial charge in [-0.2, -0.15) is 16.9 Å². The maximum Gasteiger partial charge on any atom is 0.225 e. The molecule has 1 rings (SSSR count). The van der Waals surface area contributed by atoms with Crippen LogP contribution in [-0.4, -0.2) is 28.1 Å². The van der Waals surface area contributed by atoms with Gasteiger partial charge in [0.1, 0.15) is 0 Å². The van der Waals surface area contributed by atoms with Gasteiger partial charge in [-0.3, -0.25) is 9.89 Å². The summed E-state index contributed by atoms with van der Waals surface area (Å²) in [5, 5.41) is 9.71. The molecule has 0 bridgehead atoms. The predicted octanol–water partition coefficient (Wildman–Crippen LogP) is 2.82. The van der Waals surface area contributed by atoms with Crippen molar-refractivity contribution in [2.45, 2.75) is 26.2 Å². The largest absolute Gasteiger partial charge is 0.308 e. The van der Waals surface area contributed by atoms with Gasteiger partial charge in [0.05, 0.1) is 10.2 Å². The fraction of sp³-hybridized carbons (Fsp3) is 0.600. The molecular formula is C10H16BrN3OS. The van der Waals surface area contributed by atoms with Gasteiger partial charge in [0.2, 0.25) is 5.91 Å². The van der Waals surface area contributed by atoms with Gasteiger partial charge in [0, 0.05) is 6.42 Å². The zero-order valence-electron chi connectivity index (χ0n) is 9.47. The highest BCUT2D eigenvalue weighted by Crippen LogP contribution is 2.24. The van der Waals surface area contributed by atoms with Crippen molar-refractivity contribution in [3.05, 3.63) is 10.2 Å². The van der Waals surface area contributed by atoms with Crippen LogP contribution < -0.4 is 5.32 Å². The maximum atomic E-state index is 11.5. The number of carbonyl (C=O) groups is 1. The first kappa shape index (κ1) is 13.6. The highest BCUT2D eigenvalue weighted by Gasteiger charge is 2.11. The standard InChI is InChI=1S/C10H16BrN3OS/c1-3-7-9(11)10(14-13-7)12-8(15)5-4-6-16-2/h3-6H2,1-2H3,(H2,12,13,14,15). The van der Waals surface area contributed by atoms with Gasteiger partial charge in [-0.25, -0.2) is 0 Å². The van der Waals surface area contributed by atoms with E-state index in [0.717, 1.165) is 28.8 Å². The number of hydrogen-bond donors (Lipinski definition) is 2. The first-order valence-corrected chi connectivity index (χ1v) is 7.39. The summed E-state index contributed by atoms with van der Waals surface area (Å²) in [6.07, 6.45) is 4.34. The molecule has 0 aliphatic heterocycles. The Morgan fingerprint density at radius 2 is 2.38 bits per heavy atom. The Hall–Kier alpha value is -0.490. The van der Waals surface area contributed by atoms with Crippen LogP contribution in [0.1, 0.15) is 25.5 Å². The predicted molar refractivity (Wildman–Crippen MR) is 71.9 cm³/mol. The van der Waals surface area contributed by atoms with Crippen molar-refractivity contribution in [2.75, 3.05) is 17.3 Å². The number of amides is 1. The highest BCUT2D eigenvalue weighted by atomic mass is 79.9. The van der Waals surface area contributed by atoms with Crippen LogP contribution in [-0.2, 0) is 11.2 Å². The number of halogens is 1. The van der Waals surface area contributed by atoms with Crippen molar-refractivity contribution in [3.8, 4) is 0 Å². The minimum absolute atomic E-state index is 0.0175. The summed E-state index contributed by atoms with van der Waals surface area (Å²) in [7, 11) is 0. The van der Waals surface area contributed by atoms with Crippen LogP contribution >= 0.6 is 27.7 Å². The van der Waals surface area contributed by atoms with Crippen LogP contribution in [0.25, 0.3) is 0 Å². The molecule has 90 valence electrons. The van der Waals surface area contributed by atoms with Crippen molar-refractivity contribution in [2.24, 2.45) is 0 Å². The third kappa shape index (κ3) is 3.83. The van der Waals surface area contributed by atoms with E-state index in [4.69, 9.17) is 0 Å². The number of nitrogens with one attached hydrogen (secondary N) is 2. The third-order valence-corrected chi connectivity index (χ3v) is 3.69. The first-order valence-electron chi connectivity index (χ1n) is 5.20. The molecule has 0 fully saturated rings. The summed E-state index contributed by atoms with van der Waals surface area (Å²) in [6, 6.07) is 0. The molecule has 0 atom stereocenters. The molecule has 1 heterocycles. The number of carbonyl (C=O) groups excluding carboxylic acids is 1. The number of H-pyrrole nitrogens is 1. The second-order valence-corrected chi connectivity index (χ2v) is 5.14. The molecule has 6 heteroatoms. The van der Waals surface area contributed by atoms with Crippen LogP contribution in [0.5, 0.6) is 0 Å². The van der Waals surface area contributed by atoms with E-state index < -0.39 is 0 Å². The highest BCUT2D eigenvalue weighted by molar-refractivity contribution is 9.10. The summed E-state index contributed by atoms with van der Waals surface area (Å²) < 4.78 is 0.855. The SMILES string of the molecule is CCc1[nH]nc(NC(=O)CCCSC)c1Br. The van der Waals surface area contributed by atoms with E-state index in [0.29, 0.717) is 12.2 Å². The van der Waals surface area contributed by atoms with E-state index in [2.05, 4.69) is 31.4 Å². The number of anilines is 1. The molecule has 1 amide bonds. The Balaban J connectivity index is 2.46. The lowest BCUT2D eigenvalue weighted by molar-refractivity contribution is -0.116. The van der Waals surface area contributed by atoms with Gasteiger partial charge in [-0.15, -0.1) is 0 Å². The van der Waals surface area contributed by atoms with E-state index in [9.17, 15) is 4.79 Å². The number of aromatic amines is 1. The van der Waals surface area contributed by atoms with Gasteiger partial charge in [0.15, 0.2) is 5.82 Å². The van der Waals surface area contributed by atoms with Gasteiger partial charge >= 0.3 is 0 Å². The number of thioether (sulfide) groups is 1. The minimum Gasteiger partial charge on any atom is -0.308 e. The minimum atomic E-state index is 0.0175. The van der Waals surface area contributed by atoms with Crippen LogP contribution in [0.2, 0.25) is 0 Å². The first-order chi connectivity index (χ1) is 7.69. The number of rotatable bonds is 6. The fourth-order valence-corrected chi connectivity index (χ4v) is 2.24. The Labute approximate surface area is 108 Å². The van der Waals surface area contributed by atoms with Gasteiger partial charge in [-0.1, -0.05) is 6.92 Å². The Kier molecular flexibility index (Phi) is 5.90. The van der Waals surface area contributed by atoms with E-state index >= 15 is 0 Å². The van der Waals surface area contributed by atoms with Crippen LogP contribution in [0.3, 0.4) is 0 Å². The second kappa shape index (κ2) is 6.96. The molecule has 0 saturated carbocycles. The van der Waals surface area contributed by atoms with E-state index in [1.54, 1.807) is 11.8 Å². The normalized spacial score (nSPS) is 10.4. The van der Waals surface area contributed by atoms with E-state index in [1.807, 2.05) is 13.2 Å². The van der Waals surface area contributed by atoms with Crippen molar-refractivity contribution in [1.29, 1.82) is 0 Å². The average molecular weight is 306 g/mol. The molecule has 0 unspecified atom stereocenters. The molecule has 4 nitrogen and oxygen atoms in total. The third-order valence-electron chi connectivity index (χ3n) is 2.14. The molecule has 1 aromatic heterocycles. The van der Waals surface area contributed by atoms with Crippen LogP contribution in [0.4, 0.5) is 5.82 Å². The summed E-state index contributed by atoms with van der Waals surface area (Å²) in [4.78, 5) is 11.5. The molecule has 0 radical (unpaired) electrons. The Morgan fingerprint density at radius 1 is 1.62 bits per heavy atom. The zero-order chi connectivity index (χ0) is 12.0. The molecular weight excluding hydrogens is 290 g/mol. The Morgan fingerprint density at radius 3 is 2.94 bits per heavy atom. The number of nitrogens with zero attached hydrogens (tertiary/aromatic N) is 1. The van der Waals surface area contributed by atoms with Crippen LogP contribution in [0, 0.1) is 0 Å². The van der Waals surface area contributed by atoms with Gasteiger partial charge in [0.25, 0.3) is 0 Å². The summed E-state index contributed by atoms with van der Waals surface area (Å²) in [5.74, 6) is 1.62. The lowest BCUT2D eigenvalue weighted by atomic mass is 10.3. The monoisotopic (exact) mass is 305 g/mol. The lowest BCUT2D eigenvalue weighted by Gasteiger charge is -2.01. The smallest absolute Gasteiger partial charge is 0.225 e. The van der Waals surface area contributed by atoms with Crippen LogP contribution in [0.15, 0.2) is 4.47 Å². The molecule has 0 aliphatic rings. The quantitative estimate of drug-likeness (QED) is 0.795. The molecule has 2 N–H and O–H groups in total. The topological polar surface area (TPSA) is 57.8 Å². The van der Waals surface area contributed by atoms with Gasteiger partial charge in [-0.05, 0) is 40.8 Å². The zero-order valence-corrected chi connectivity index (χ0v) is 11.9. The second-order valence-electron chi connectivity index (χ2n) is 3.36. The number of aromatic nitrogens is 2. The van der Waals surface area contributed by atoms with Crippen molar-refractivity contribution >= 4 is 39.4 Å². The average Bonchev–Trinajstić information content (AvgIpc) is 2.60. The maximum absolute atomic E-state index is 11.5. The molecule has 0 aliphatic carbocycles. The molecule has 16 heavy (non-hydrogen) atoms. The fourth-order valence-electron chi connectivity index (χ4n) is 1.25. The number of hydrogen-bond acceptors (Lipinski definition) is 3. The van der Waals surface area contributed by atoms with Crippen molar-refractivity contribution < 1.29 is 4.79 Å². The number of aryl methyl sites for hydroxylation is 1. The lowest BCUT2D eigenvalue weighted by Crippen LogP contribution is -2.12. The van der Waals surface area contributed by atoms with Crippen molar-refractivity contribution in [3.63, 3.8) is 0 Å². The summed E-state index contributed by atoms with van der Waals surface area (Å²) >= 11 is 5.16.